The first-order chi connectivity index (χ1) is 8.46. The number of carbonyl (C=O) groups is 1. The van der Waals surface area contributed by atoms with E-state index in [9.17, 15) is 4.79 Å². The number of amides is 1. The summed E-state index contributed by atoms with van der Waals surface area (Å²) < 4.78 is 5.23. The molecule has 1 saturated carbocycles. The molecule has 0 aromatic heterocycles. The summed E-state index contributed by atoms with van der Waals surface area (Å²) in [5, 5.41) is 2.82. The van der Waals surface area contributed by atoms with Crippen molar-refractivity contribution < 1.29 is 9.53 Å². The summed E-state index contributed by atoms with van der Waals surface area (Å²) in [6.07, 6.45) is 2.18. The van der Waals surface area contributed by atoms with Crippen molar-refractivity contribution in [2.75, 3.05) is 0 Å². The Labute approximate surface area is 109 Å². The smallest absolute Gasteiger partial charge is 0.407 e. The van der Waals surface area contributed by atoms with E-state index in [1.807, 2.05) is 26.8 Å². The van der Waals surface area contributed by atoms with Crippen LogP contribution in [0.2, 0.25) is 0 Å². The Hall–Kier alpha value is -1.51. The highest BCUT2D eigenvalue weighted by molar-refractivity contribution is 5.67. The second-order valence-corrected chi connectivity index (χ2v) is 5.83. The topological polar surface area (TPSA) is 38.3 Å². The molecule has 1 aromatic carbocycles. The molecular formula is C15H21NO2. The monoisotopic (exact) mass is 247 g/mol. The molecule has 3 nitrogen and oxygen atoms in total. The first kappa shape index (κ1) is 12.9. The van der Waals surface area contributed by atoms with Gasteiger partial charge in [0.1, 0.15) is 5.60 Å². The first-order valence-electron chi connectivity index (χ1n) is 6.50. The van der Waals surface area contributed by atoms with Crippen molar-refractivity contribution in [3.63, 3.8) is 0 Å². The van der Waals surface area contributed by atoms with Crippen LogP contribution in [0.25, 0.3) is 0 Å². The number of alkyl carbamates (subject to hydrolysis) is 1. The fourth-order valence-electron chi connectivity index (χ4n) is 1.97. The van der Waals surface area contributed by atoms with Crippen molar-refractivity contribution in [1.82, 2.24) is 5.32 Å². The van der Waals surface area contributed by atoms with Crippen molar-refractivity contribution in [3.05, 3.63) is 35.4 Å². The van der Waals surface area contributed by atoms with Crippen LogP contribution in [0, 0.1) is 0 Å². The van der Waals surface area contributed by atoms with Crippen LogP contribution in [0.4, 0.5) is 4.79 Å². The summed E-state index contributed by atoms with van der Waals surface area (Å²) >= 11 is 0. The zero-order valence-corrected chi connectivity index (χ0v) is 11.3. The van der Waals surface area contributed by atoms with E-state index in [-0.39, 0.29) is 6.09 Å². The van der Waals surface area contributed by atoms with Crippen molar-refractivity contribution >= 4 is 6.09 Å². The Morgan fingerprint density at radius 1 is 1.33 bits per heavy atom. The maximum absolute atomic E-state index is 11.6. The molecule has 1 amide bonds. The van der Waals surface area contributed by atoms with Crippen LogP contribution in [0.1, 0.15) is 50.7 Å². The maximum Gasteiger partial charge on any atom is 0.407 e. The molecule has 1 N–H and O–H groups in total. The van der Waals surface area contributed by atoms with Gasteiger partial charge in [-0.25, -0.2) is 4.79 Å². The van der Waals surface area contributed by atoms with Gasteiger partial charge in [-0.15, -0.1) is 0 Å². The Morgan fingerprint density at radius 2 is 2.00 bits per heavy atom. The van der Waals surface area contributed by atoms with E-state index in [1.54, 1.807) is 0 Å². The predicted octanol–water partition coefficient (Wildman–Crippen LogP) is 3.59. The average Bonchev–Trinajstić information content (AvgIpc) is 3.08. The second-order valence-electron chi connectivity index (χ2n) is 5.83. The molecule has 98 valence electrons. The van der Waals surface area contributed by atoms with Crippen LogP contribution in [0.5, 0.6) is 0 Å². The number of hydrogen-bond acceptors (Lipinski definition) is 2. The molecule has 0 heterocycles. The Morgan fingerprint density at radius 3 is 2.61 bits per heavy atom. The molecule has 1 aromatic rings. The number of nitrogens with one attached hydrogen (secondary N) is 1. The van der Waals surface area contributed by atoms with Gasteiger partial charge in [0.25, 0.3) is 0 Å². The summed E-state index contributed by atoms with van der Waals surface area (Å²) in [6.45, 7) is 6.14. The summed E-state index contributed by atoms with van der Waals surface area (Å²) in [4.78, 5) is 11.6. The summed E-state index contributed by atoms with van der Waals surface area (Å²) in [7, 11) is 0. The third kappa shape index (κ3) is 3.76. The normalized spacial score (nSPS) is 15.3. The van der Waals surface area contributed by atoms with Crippen molar-refractivity contribution in [3.8, 4) is 0 Å². The van der Waals surface area contributed by atoms with Gasteiger partial charge in [0.05, 0.1) is 0 Å². The fraction of sp³-hybridized carbons (Fsp3) is 0.533. The molecule has 1 aliphatic carbocycles. The van der Waals surface area contributed by atoms with Gasteiger partial charge in [-0.3, -0.25) is 0 Å². The molecule has 0 atom stereocenters. The molecule has 0 saturated heterocycles. The largest absolute Gasteiger partial charge is 0.444 e. The number of carbonyl (C=O) groups excluding carboxylic acids is 1. The van der Waals surface area contributed by atoms with Crippen LogP contribution >= 0.6 is 0 Å². The van der Waals surface area contributed by atoms with Crippen LogP contribution in [0.15, 0.2) is 24.3 Å². The van der Waals surface area contributed by atoms with Gasteiger partial charge in [0.2, 0.25) is 0 Å². The molecule has 1 aliphatic rings. The molecule has 0 bridgehead atoms. The molecule has 0 unspecified atom stereocenters. The highest BCUT2D eigenvalue weighted by atomic mass is 16.6. The minimum absolute atomic E-state index is 0.354. The lowest BCUT2D eigenvalue weighted by molar-refractivity contribution is 0.0523. The van der Waals surface area contributed by atoms with E-state index < -0.39 is 5.60 Å². The number of ether oxygens (including phenoxy) is 1. The number of benzene rings is 1. The van der Waals surface area contributed by atoms with Crippen LogP contribution in [0.3, 0.4) is 0 Å². The zero-order chi connectivity index (χ0) is 13.2. The lowest BCUT2D eigenvalue weighted by Crippen LogP contribution is -2.32. The molecule has 0 aliphatic heterocycles. The summed E-state index contributed by atoms with van der Waals surface area (Å²) in [5.41, 5.74) is 2.12. The van der Waals surface area contributed by atoms with Crippen LogP contribution in [-0.2, 0) is 11.3 Å². The first-order valence-corrected chi connectivity index (χ1v) is 6.50. The van der Waals surface area contributed by atoms with E-state index in [2.05, 4.69) is 23.5 Å². The third-order valence-electron chi connectivity index (χ3n) is 2.89. The van der Waals surface area contributed by atoms with Gasteiger partial charge in [0.15, 0.2) is 0 Å². The molecule has 0 spiro atoms. The van der Waals surface area contributed by atoms with Gasteiger partial charge in [-0.1, -0.05) is 24.3 Å². The number of rotatable bonds is 3. The standard InChI is InChI=1S/C15H21NO2/c1-15(2,3)18-14(17)16-10-12-6-4-5-7-13(12)11-8-9-11/h4-7,11H,8-10H2,1-3H3,(H,16,17). The lowest BCUT2D eigenvalue weighted by atomic mass is 10.0. The maximum atomic E-state index is 11.6. The average molecular weight is 247 g/mol. The van der Waals surface area contributed by atoms with E-state index in [0.717, 1.165) is 0 Å². The molecule has 1 fully saturated rings. The zero-order valence-electron chi connectivity index (χ0n) is 11.3. The van der Waals surface area contributed by atoms with Gasteiger partial charge >= 0.3 is 6.09 Å². The molecular weight excluding hydrogens is 226 g/mol. The van der Waals surface area contributed by atoms with Crippen molar-refractivity contribution in [2.45, 2.75) is 51.7 Å². The van der Waals surface area contributed by atoms with Crippen molar-refractivity contribution in [2.24, 2.45) is 0 Å². The highest BCUT2D eigenvalue weighted by Crippen LogP contribution is 2.41. The van der Waals surface area contributed by atoms with Gasteiger partial charge in [-0.05, 0) is 50.7 Å². The van der Waals surface area contributed by atoms with E-state index >= 15 is 0 Å². The Balaban J connectivity index is 1.92. The Kier molecular flexibility index (Phi) is 3.60. The third-order valence-corrected chi connectivity index (χ3v) is 2.89. The molecule has 2 rings (SSSR count). The minimum Gasteiger partial charge on any atom is -0.444 e. The van der Waals surface area contributed by atoms with E-state index in [0.29, 0.717) is 12.5 Å². The van der Waals surface area contributed by atoms with Gasteiger partial charge < -0.3 is 10.1 Å². The minimum atomic E-state index is -0.444. The lowest BCUT2D eigenvalue weighted by Gasteiger charge is -2.20. The SMILES string of the molecule is CC(C)(C)OC(=O)NCc1ccccc1C1CC1. The summed E-state index contributed by atoms with van der Waals surface area (Å²) in [6, 6.07) is 8.30. The van der Waals surface area contributed by atoms with Gasteiger partial charge in [0, 0.05) is 6.54 Å². The van der Waals surface area contributed by atoms with Crippen LogP contribution < -0.4 is 5.32 Å². The number of hydrogen-bond donors (Lipinski definition) is 1. The fourth-order valence-corrected chi connectivity index (χ4v) is 1.97. The molecule has 18 heavy (non-hydrogen) atoms. The predicted molar refractivity (Wildman–Crippen MR) is 71.5 cm³/mol. The molecule has 3 heteroatoms. The summed E-state index contributed by atoms with van der Waals surface area (Å²) in [5.74, 6) is 0.696. The Bertz CT molecular complexity index is 430. The second kappa shape index (κ2) is 5.01. The van der Waals surface area contributed by atoms with Crippen molar-refractivity contribution in [1.29, 1.82) is 0 Å². The van der Waals surface area contributed by atoms with E-state index in [4.69, 9.17) is 4.74 Å². The van der Waals surface area contributed by atoms with Gasteiger partial charge in [-0.2, -0.15) is 0 Å². The quantitative estimate of drug-likeness (QED) is 0.886. The molecule has 0 radical (unpaired) electrons. The highest BCUT2D eigenvalue weighted by Gasteiger charge is 2.25. The van der Waals surface area contributed by atoms with Crippen LogP contribution in [-0.4, -0.2) is 11.7 Å². The van der Waals surface area contributed by atoms with E-state index in [1.165, 1.54) is 24.0 Å².